The van der Waals surface area contributed by atoms with Gasteiger partial charge in [-0.05, 0) is 30.5 Å². The molecule has 3 nitrogen and oxygen atoms in total. The van der Waals surface area contributed by atoms with Gasteiger partial charge in [-0.15, -0.1) is 0 Å². The van der Waals surface area contributed by atoms with Crippen LogP contribution in [-0.4, -0.2) is 5.16 Å². The molecule has 2 aromatic rings. The van der Waals surface area contributed by atoms with Crippen LogP contribution in [0.1, 0.15) is 43.8 Å². The van der Waals surface area contributed by atoms with Crippen molar-refractivity contribution >= 4 is 29.0 Å². The molecule has 106 valence electrons. The van der Waals surface area contributed by atoms with Gasteiger partial charge in [0.25, 0.3) is 0 Å². The van der Waals surface area contributed by atoms with E-state index in [1.165, 1.54) is 19.3 Å². The summed E-state index contributed by atoms with van der Waals surface area (Å²) in [4.78, 5) is 0. The molecule has 1 heterocycles. The lowest BCUT2D eigenvalue weighted by Crippen LogP contribution is -2.05. The van der Waals surface area contributed by atoms with E-state index in [1.807, 2.05) is 12.1 Å². The van der Waals surface area contributed by atoms with Gasteiger partial charge in [-0.1, -0.05) is 53.7 Å². The summed E-state index contributed by atoms with van der Waals surface area (Å²) in [5, 5.41) is 4.99. The van der Waals surface area contributed by atoms with E-state index in [0.29, 0.717) is 21.8 Å². The number of aromatic nitrogens is 1. The van der Waals surface area contributed by atoms with Crippen LogP contribution in [0.4, 0.5) is 5.82 Å². The quantitative estimate of drug-likeness (QED) is 0.821. The van der Waals surface area contributed by atoms with Gasteiger partial charge in [0.2, 0.25) is 0 Å². The molecule has 1 aromatic carbocycles. The normalized spacial score (nSPS) is 16.5. The van der Waals surface area contributed by atoms with E-state index in [1.54, 1.807) is 6.07 Å². The third-order valence-corrected chi connectivity index (χ3v) is 4.67. The summed E-state index contributed by atoms with van der Waals surface area (Å²) in [7, 11) is 0. The van der Waals surface area contributed by atoms with E-state index >= 15 is 0 Å². The summed E-state index contributed by atoms with van der Waals surface area (Å²) in [5.74, 6) is 1.71. The lowest BCUT2D eigenvalue weighted by atomic mass is 9.85. The van der Waals surface area contributed by atoms with Gasteiger partial charge in [-0.2, -0.15) is 0 Å². The zero-order valence-electron chi connectivity index (χ0n) is 11.0. The largest absolute Gasteiger partial charge is 0.380 e. The van der Waals surface area contributed by atoms with Crippen LogP contribution in [-0.2, 0) is 0 Å². The summed E-state index contributed by atoms with van der Waals surface area (Å²) in [6, 6.07) is 5.50. The van der Waals surface area contributed by atoms with Crippen LogP contribution in [0.2, 0.25) is 10.0 Å². The Kier molecular flexibility index (Phi) is 3.90. The van der Waals surface area contributed by atoms with Gasteiger partial charge in [0.15, 0.2) is 5.82 Å². The van der Waals surface area contributed by atoms with Crippen LogP contribution in [0.5, 0.6) is 0 Å². The molecule has 1 aliphatic rings. The Morgan fingerprint density at radius 3 is 2.55 bits per heavy atom. The first-order valence-electron chi connectivity index (χ1n) is 6.87. The van der Waals surface area contributed by atoms with Gasteiger partial charge >= 0.3 is 0 Å². The average molecular weight is 311 g/mol. The van der Waals surface area contributed by atoms with Crippen LogP contribution in [0.3, 0.4) is 0 Å². The zero-order valence-corrected chi connectivity index (χ0v) is 12.5. The second-order valence-electron chi connectivity index (χ2n) is 5.27. The lowest BCUT2D eigenvalue weighted by Gasteiger charge is -2.20. The monoisotopic (exact) mass is 310 g/mol. The van der Waals surface area contributed by atoms with Gasteiger partial charge < -0.3 is 10.3 Å². The Morgan fingerprint density at radius 2 is 1.85 bits per heavy atom. The predicted octanol–water partition coefficient (Wildman–Crippen LogP) is 5.28. The molecule has 1 saturated carbocycles. The number of nitrogen functional groups attached to an aromatic ring is 1. The van der Waals surface area contributed by atoms with Crippen molar-refractivity contribution in [3.8, 4) is 11.1 Å². The van der Waals surface area contributed by atoms with Crippen LogP contribution < -0.4 is 5.73 Å². The van der Waals surface area contributed by atoms with Crippen molar-refractivity contribution in [3.63, 3.8) is 0 Å². The number of benzene rings is 1. The minimum atomic E-state index is 0.401. The summed E-state index contributed by atoms with van der Waals surface area (Å²) in [6.45, 7) is 0. The molecule has 20 heavy (non-hydrogen) atoms. The second-order valence-corrected chi connectivity index (χ2v) is 6.09. The molecule has 0 radical (unpaired) electrons. The van der Waals surface area contributed by atoms with E-state index in [4.69, 9.17) is 33.5 Å². The van der Waals surface area contributed by atoms with E-state index < -0.39 is 0 Å². The Labute approximate surface area is 128 Å². The Balaban J connectivity index is 2.03. The van der Waals surface area contributed by atoms with Crippen LogP contribution in [0.15, 0.2) is 22.7 Å². The fourth-order valence-electron chi connectivity index (χ4n) is 2.90. The lowest BCUT2D eigenvalue weighted by molar-refractivity contribution is 0.323. The highest BCUT2D eigenvalue weighted by atomic mass is 35.5. The van der Waals surface area contributed by atoms with Gasteiger partial charge in [-0.25, -0.2) is 0 Å². The molecule has 3 rings (SSSR count). The molecule has 0 atom stereocenters. The molecule has 1 aromatic heterocycles. The second kappa shape index (κ2) is 5.66. The number of nitrogens with zero attached hydrogens (tertiary/aromatic N) is 1. The number of hydrogen-bond acceptors (Lipinski definition) is 3. The molecule has 0 unspecified atom stereocenters. The number of anilines is 1. The maximum absolute atomic E-state index is 6.10. The molecule has 5 heteroatoms. The summed E-state index contributed by atoms with van der Waals surface area (Å²) in [5.41, 5.74) is 7.77. The minimum Gasteiger partial charge on any atom is -0.380 e. The first kappa shape index (κ1) is 13.8. The maximum atomic E-state index is 6.10. The SMILES string of the molecule is Nc1noc(C2CCCCC2)c1-c1ccc(Cl)c(Cl)c1. The highest BCUT2D eigenvalue weighted by Crippen LogP contribution is 2.41. The molecule has 0 aliphatic heterocycles. The van der Waals surface area contributed by atoms with Crippen molar-refractivity contribution in [1.29, 1.82) is 0 Å². The van der Waals surface area contributed by atoms with Crippen molar-refractivity contribution < 1.29 is 4.52 Å². The Bertz CT molecular complexity index is 618. The van der Waals surface area contributed by atoms with Crippen LogP contribution in [0, 0.1) is 0 Å². The van der Waals surface area contributed by atoms with Crippen molar-refractivity contribution in [2.45, 2.75) is 38.0 Å². The number of nitrogens with two attached hydrogens (primary N) is 1. The summed E-state index contributed by atoms with van der Waals surface area (Å²) in [6.07, 6.45) is 6.01. The van der Waals surface area contributed by atoms with Gasteiger partial charge in [-0.3, -0.25) is 0 Å². The van der Waals surface area contributed by atoms with E-state index in [0.717, 1.165) is 29.7 Å². The third kappa shape index (κ3) is 2.52. The first-order chi connectivity index (χ1) is 9.66. The molecule has 1 fully saturated rings. The molecule has 0 amide bonds. The Hall–Kier alpha value is -1.19. The zero-order chi connectivity index (χ0) is 14.1. The van der Waals surface area contributed by atoms with Crippen molar-refractivity contribution in [2.24, 2.45) is 0 Å². The van der Waals surface area contributed by atoms with Crippen LogP contribution in [0.25, 0.3) is 11.1 Å². The van der Waals surface area contributed by atoms with Crippen molar-refractivity contribution in [1.82, 2.24) is 5.16 Å². The van der Waals surface area contributed by atoms with Crippen molar-refractivity contribution in [2.75, 3.05) is 5.73 Å². The molecule has 2 N–H and O–H groups in total. The molecule has 0 saturated heterocycles. The molecule has 1 aliphatic carbocycles. The predicted molar refractivity (Wildman–Crippen MR) is 82.2 cm³/mol. The fourth-order valence-corrected chi connectivity index (χ4v) is 3.20. The smallest absolute Gasteiger partial charge is 0.175 e. The molecular formula is C15H16Cl2N2O. The third-order valence-electron chi connectivity index (χ3n) is 3.93. The molecular weight excluding hydrogens is 295 g/mol. The fraction of sp³-hybridized carbons (Fsp3) is 0.400. The van der Waals surface area contributed by atoms with Gasteiger partial charge in [0, 0.05) is 5.92 Å². The van der Waals surface area contributed by atoms with Crippen molar-refractivity contribution in [3.05, 3.63) is 34.0 Å². The van der Waals surface area contributed by atoms with E-state index in [9.17, 15) is 0 Å². The number of rotatable bonds is 2. The molecule has 0 spiro atoms. The van der Waals surface area contributed by atoms with Gasteiger partial charge in [0.1, 0.15) is 5.76 Å². The highest BCUT2D eigenvalue weighted by Gasteiger charge is 2.26. The minimum absolute atomic E-state index is 0.401. The average Bonchev–Trinajstić information content (AvgIpc) is 2.85. The number of hydrogen-bond donors (Lipinski definition) is 1. The topological polar surface area (TPSA) is 52.0 Å². The van der Waals surface area contributed by atoms with Gasteiger partial charge in [0.05, 0.1) is 15.6 Å². The summed E-state index contributed by atoms with van der Waals surface area (Å²) < 4.78 is 5.51. The standard InChI is InChI=1S/C15H16Cl2N2O/c16-11-7-6-10(8-12(11)17)13-14(20-19-15(13)18)9-4-2-1-3-5-9/h6-9H,1-5H2,(H2,18,19). The summed E-state index contributed by atoms with van der Waals surface area (Å²) >= 11 is 12.1. The molecule has 0 bridgehead atoms. The van der Waals surface area contributed by atoms with E-state index in [2.05, 4.69) is 5.16 Å². The Morgan fingerprint density at radius 1 is 1.10 bits per heavy atom. The maximum Gasteiger partial charge on any atom is 0.175 e. The number of halogens is 2. The first-order valence-corrected chi connectivity index (χ1v) is 7.63. The highest BCUT2D eigenvalue weighted by molar-refractivity contribution is 6.42. The van der Waals surface area contributed by atoms with E-state index in [-0.39, 0.29) is 0 Å². The van der Waals surface area contributed by atoms with Crippen LogP contribution >= 0.6 is 23.2 Å².